The van der Waals surface area contributed by atoms with Crippen molar-refractivity contribution in [1.29, 1.82) is 0 Å². The minimum Gasteiger partial charge on any atom is -0.462 e. The van der Waals surface area contributed by atoms with Crippen molar-refractivity contribution in [3.8, 4) is 11.3 Å². The van der Waals surface area contributed by atoms with Gasteiger partial charge in [0.05, 0.1) is 12.3 Å². The van der Waals surface area contributed by atoms with Crippen LogP contribution < -0.4 is 5.73 Å². The lowest BCUT2D eigenvalue weighted by molar-refractivity contribution is 0.0528. The summed E-state index contributed by atoms with van der Waals surface area (Å²) in [5.74, 6) is -0.302. The van der Waals surface area contributed by atoms with Crippen LogP contribution in [0.4, 0.5) is 5.82 Å². The highest BCUT2D eigenvalue weighted by molar-refractivity contribution is 6.00. The van der Waals surface area contributed by atoms with Crippen molar-refractivity contribution in [2.75, 3.05) is 12.3 Å². The monoisotopic (exact) mass is 245 g/mol. The molecule has 0 bridgehead atoms. The van der Waals surface area contributed by atoms with E-state index in [1.807, 2.05) is 31.2 Å². The van der Waals surface area contributed by atoms with Crippen molar-refractivity contribution < 1.29 is 9.53 Å². The number of carbonyl (C=O) groups excluding carboxylic acids is 1. The maximum Gasteiger partial charge on any atom is 0.344 e. The second-order valence-corrected chi connectivity index (χ2v) is 3.95. The number of aromatic nitrogens is 2. The quantitative estimate of drug-likeness (QED) is 0.812. The van der Waals surface area contributed by atoms with Crippen molar-refractivity contribution in [3.05, 3.63) is 35.4 Å². The van der Waals surface area contributed by atoms with Crippen LogP contribution in [0, 0.1) is 6.92 Å². The zero-order chi connectivity index (χ0) is 13.1. The minimum atomic E-state index is -0.459. The number of hydrogen-bond acceptors (Lipinski definition) is 4. The van der Waals surface area contributed by atoms with E-state index in [9.17, 15) is 4.79 Å². The molecule has 18 heavy (non-hydrogen) atoms. The number of aromatic amines is 1. The largest absolute Gasteiger partial charge is 0.462 e. The normalized spacial score (nSPS) is 10.3. The first kappa shape index (κ1) is 12.2. The SMILES string of the molecule is CCOC(=O)c1c(N)n[nH]c1-c1ccc(C)cc1. The maximum atomic E-state index is 11.8. The van der Waals surface area contributed by atoms with Gasteiger partial charge in [-0.15, -0.1) is 0 Å². The van der Waals surface area contributed by atoms with Gasteiger partial charge in [0.2, 0.25) is 0 Å². The van der Waals surface area contributed by atoms with Crippen molar-refractivity contribution in [1.82, 2.24) is 10.2 Å². The number of nitrogens with one attached hydrogen (secondary N) is 1. The molecule has 0 spiro atoms. The zero-order valence-electron chi connectivity index (χ0n) is 10.4. The summed E-state index contributed by atoms with van der Waals surface area (Å²) < 4.78 is 4.97. The zero-order valence-corrected chi connectivity index (χ0v) is 10.4. The molecule has 0 fully saturated rings. The summed E-state index contributed by atoms with van der Waals surface area (Å²) >= 11 is 0. The Bertz CT molecular complexity index is 558. The van der Waals surface area contributed by atoms with Crippen LogP contribution in [-0.2, 0) is 4.74 Å². The van der Waals surface area contributed by atoms with E-state index in [1.165, 1.54) is 0 Å². The number of rotatable bonds is 3. The van der Waals surface area contributed by atoms with Gasteiger partial charge >= 0.3 is 5.97 Å². The van der Waals surface area contributed by atoms with Gasteiger partial charge in [0.15, 0.2) is 5.82 Å². The van der Waals surface area contributed by atoms with Crippen molar-refractivity contribution in [3.63, 3.8) is 0 Å². The van der Waals surface area contributed by atoms with Crippen LogP contribution in [-0.4, -0.2) is 22.8 Å². The number of nitrogens with two attached hydrogens (primary N) is 1. The highest BCUT2D eigenvalue weighted by atomic mass is 16.5. The molecule has 2 aromatic rings. The minimum absolute atomic E-state index is 0.157. The lowest BCUT2D eigenvalue weighted by Gasteiger charge is -2.04. The second-order valence-electron chi connectivity index (χ2n) is 3.95. The number of ether oxygens (including phenoxy) is 1. The number of esters is 1. The van der Waals surface area contributed by atoms with Crippen LogP contribution >= 0.6 is 0 Å². The van der Waals surface area contributed by atoms with Crippen LogP contribution in [0.3, 0.4) is 0 Å². The van der Waals surface area contributed by atoms with Gasteiger partial charge in [0, 0.05) is 5.56 Å². The Labute approximate surface area is 105 Å². The van der Waals surface area contributed by atoms with Crippen molar-refractivity contribution in [2.24, 2.45) is 0 Å². The summed E-state index contributed by atoms with van der Waals surface area (Å²) in [6.45, 7) is 4.05. The molecule has 1 aromatic heterocycles. The molecule has 0 radical (unpaired) electrons. The van der Waals surface area contributed by atoms with Gasteiger partial charge in [0.25, 0.3) is 0 Å². The van der Waals surface area contributed by atoms with Crippen LogP contribution in [0.2, 0.25) is 0 Å². The highest BCUT2D eigenvalue weighted by Gasteiger charge is 2.20. The van der Waals surface area contributed by atoms with Crippen LogP contribution in [0.15, 0.2) is 24.3 Å². The Kier molecular flexibility index (Phi) is 3.32. The predicted molar refractivity (Wildman–Crippen MR) is 69.1 cm³/mol. The van der Waals surface area contributed by atoms with Gasteiger partial charge in [-0.1, -0.05) is 29.8 Å². The van der Waals surface area contributed by atoms with Gasteiger partial charge in [0.1, 0.15) is 5.56 Å². The molecule has 1 heterocycles. The summed E-state index contributed by atoms with van der Waals surface area (Å²) in [5.41, 5.74) is 8.57. The Balaban J connectivity index is 2.45. The molecule has 0 aliphatic carbocycles. The molecule has 0 aliphatic rings. The molecular weight excluding hydrogens is 230 g/mol. The van der Waals surface area contributed by atoms with Gasteiger partial charge in [-0.25, -0.2) is 4.79 Å². The van der Waals surface area contributed by atoms with Gasteiger partial charge < -0.3 is 10.5 Å². The third kappa shape index (κ3) is 2.20. The van der Waals surface area contributed by atoms with Crippen LogP contribution in [0.5, 0.6) is 0 Å². The van der Waals surface area contributed by atoms with E-state index in [4.69, 9.17) is 10.5 Å². The maximum absolute atomic E-state index is 11.8. The molecule has 0 amide bonds. The van der Waals surface area contributed by atoms with Gasteiger partial charge in [-0.2, -0.15) is 5.10 Å². The number of nitrogens with zero attached hydrogens (tertiary/aromatic N) is 1. The fourth-order valence-electron chi connectivity index (χ4n) is 1.70. The van der Waals surface area contributed by atoms with E-state index in [0.29, 0.717) is 17.9 Å². The average Bonchev–Trinajstić information content (AvgIpc) is 2.72. The average molecular weight is 245 g/mol. The van der Waals surface area contributed by atoms with Crippen molar-refractivity contribution >= 4 is 11.8 Å². The fraction of sp³-hybridized carbons (Fsp3) is 0.231. The highest BCUT2D eigenvalue weighted by Crippen LogP contribution is 2.26. The predicted octanol–water partition coefficient (Wildman–Crippen LogP) is 2.14. The third-order valence-electron chi connectivity index (χ3n) is 2.61. The van der Waals surface area contributed by atoms with E-state index in [2.05, 4.69) is 10.2 Å². The lowest BCUT2D eigenvalue weighted by atomic mass is 10.1. The fourth-order valence-corrected chi connectivity index (χ4v) is 1.70. The second kappa shape index (κ2) is 4.91. The number of anilines is 1. The topological polar surface area (TPSA) is 81.0 Å². The number of carbonyl (C=O) groups is 1. The Morgan fingerprint density at radius 2 is 2.06 bits per heavy atom. The Morgan fingerprint density at radius 3 is 2.67 bits per heavy atom. The first-order valence-corrected chi connectivity index (χ1v) is 5.71. The smallest absolute Gasteiger partial charge is 0.344 e. The molecule has 0 saturated carbocycles. The summed E-state index contributed by atoms with van der Waals surface area (Å²) in [6.07, 6.45) is 0. The molecule has 5 nitrogen and oxygen atoms in total. The molecule has 94 valence electrons. The Hall–Kier alpha value is -2.30. The van der Waals surface area contributed by atoms with Gasteiger partial charge in [-0.05, 0) is 13.8 Å². The molecule has 0 aliphatic heterocycles. The van der Waals surface area contributed by atoms with Crippen molar-refractivity contribution in [2.45, 2.75) is 13.8 Å². The number of aryl methyl sites for hydroxylation is 1. The first-order valence-electron chi connectivity index (χ1n) is 5.71. The molecule has 3 N–H and O–H groups in total. The summed E-state index contributed by atoms with van der Waals surface area (Å²) in [7, 11) is 0. The van der Waals surface area contributed by atoms with Crippen LogP contribution in [0.25, 0.3) is 11.3 Å². The number of nitrogen functional groups attached to an aromatic ring is 1. The van der Waals surface area contributed by atoms with E-state index < -0.39 is 5.97 Å². The van der Waals surface area contributed by atoms with E-state index >= 15 is 0 Å². The number of benzene rings is 1. The van der Waals surface area contributed by atoms with E-state index in [0.717, 1.165) is 11.1 Å². The Morgan fingerprint density at radius 1 is 1.39 bits per heavy atom. The molecule has 0 unspecified atom stereocenters. The number of hydrogen-bond donors (Lipinski definition) is 2. The molecular formula is C13H15N3O2. The van der Waals surface area contributed by atoms with E-state index in [-0.39, 0.29) is 5.82 Å². The first-order chi connectivity index (χ1) is 8.63. The molecule has 0 atom stereocenters. The standard InChI is InChI=1S/C13H15N3O2/c1-3-18-13(17)10-11(15-16-12(10)14)9-6-4-8(2)5-7-9/h4-7H,3H2,1-2H3,(H3,14,15,16). The summed E-state index contributed by atoms with van der Waals surface area (Å²) in [6, 6.07) is 7.73. The molecule has 5 heteroatoms. The molecule has 0 saturated heterocycles. The lowest BCUT2D eigenvalue weighted by Crippen LogP contribution is -2.07. The third-order valence-corrected chi connectivity index (χ3v) is 2.61. The number of H-pyrrole nitrogens is 1. The summed E-state index contributed by atoms with van der Waals surface area (Å²) in [4.78, 5) is 11.8. The molecule has 1 aromatic carbocycles. The summed E-state index contributed by atoms with van der Waals surface area (Å²) in [5, 5.41) is 6.64. The van der Waals surface area contributed by atoms with E-state index in [1.54, 1.807) is 6.92 Å². The van der Waals surface area contributed by atoms with Crippen LogP contribution in [0.1, 0.15) is 22.8 Å². The molecule has 2 rings (SSSR count). The van der Waals surface area contributed by atoms with Gasteiger partial charge in [-0.3, -0.25) is 5.10 Å².